The maximum atomic E-state index is 11.2. The van der Waals surface area contributed by atoms with Crippen LogP contribution in [0.1, 0.15) is 12.6 Å². The summed E-state index contributed by atoms with van der Waals surface area (Å²) in [5.41, 5.74) is 5.06. The summed E-state index contributed by atoms with van der Waals surface area (Å²) in [4.78, 5) is 18.7. The second kappa shape index (κ2) is 7.29. The van der Waals surface area contributed by atoms with Crippen LogP contribution in [0, 0.1) is 6.92 Å². The van der Waals surface area contributed by atoms with E-state index in [0.29, 0.717) is 6.54 Å². The van der Waals surface area contributed by atoms with E-state index < -0.39 is 0 Å². The number of anilines is 2. The van der Waals surface area contributed by atoms with Crippen LogP contribution in [0.2, 0.25) is 0 Å². The van der Waals surface area contributed by atoms with Crippen LogP contribution in [0.15, 0.2) is 63.8 Å². The van der Waals surface area contributed by atoms with E-state index in [9.17, 15) is 4.79 Å². The van der Waals surface area contributed by atoms with E-state index >= 15 is 0 Å². The number of benzene rings is 1. The molecular formula is C18H19N7OS+. The minimum Gasteiger partial charge on any atom is -0.326 e. The SMILES string of the molecule is CC(=O)Nc1ccc(SC2=CN(Nc3cc(C)[nH]n3)CC3=NC=C[N+]23)cc1. The van der Waals surface area contributed by atoms with Crippen LogP contribution < -0.4 is 15.6 Å². The van der Waals surface area contributed by atoms with Gasteiger partial charge < -0.3 is 5.32 Å². The number of hydrogen-bond donors (Lipinski definition) is 3. The molecule has 2 aromatic rings. The molecule has 1 amide bonds. The largest absolute Gasteiger partial charge is 0.326 e. The molecule has 0 atom stereocenters. The van der Waals surface area contributed by atoms with Gasteiger partial charge in [0, 0.05) is 29.3 Å². The Labute approximate surface area is 161 Å². The lowest BCUT2D eigenvalue weighted by molar-refractivity contribution is -0.114. The van der Waals surface area contributed by atoms with Crippen LogP contribution >= 0.6 is 11.8 Å². The topological polar surface area (TPSA) is 91.3 Å². The number of amidine groups is 1. The highest BCUT2D eigenvalue weighted by Gasteiger charge is 2.37. The summed E-state index contributed by atoms with van der Waals surface area (Å²) in [6.45, 7) is 4.09. The van der Waals surface area contributed by atoms with E-state index in [0.717, 1.165) is 33.0 Å². The van der Waals surface area contributed by atoms with Gasteiger partial charge in [-0.15, -0.1) is 0 Å². The number of nitrogens with one attached hydrogen (secondary N) is 3. The zero-order valence-corrected chi connectivity index (χ0v) is 15.7. The van der Waals surface area contributed by atoms with Gasteiger partial charge in [-0.1, -0.05) is 0 Å². The fourth-order valence-corrected chi connectivity index (χ4v) is 3.70. The smallest absolute Gasteiger partial charge is 0.285 e. The van der Waals surface area contributed by atoms with Gasteiger partial charge in [-0.2, -0.15) is 10.1 Å². The number of aliphatic imine (C=N–C) groups is 1. The minimum atomic E-state index is -0.0798. The maximum Gasteiger partial charge on any atom is 0.285 e. The lowest BCUT2D eigenvalue weighted by Crippen LogP contribution is -2.44. The van der Waals surface area contributed by atoms with Gasteiger partial charge in [0.2, 0.25) is 10.9 Å². The maximum absolute atomic E-state index is 11.2. The van der Waals surface area contributed by atoms with Crippen LogP contribution in [0.3, 0.4) is 0 Å². The van der Waals surface area contributed by atoms with Crippen LogP contribution in [-0.2, 0) is 4.79 Å². The van der Waals surface area contributed by atoms with Gasteiger partial charge in [0.15, 0.2) is 12.0 Å². The number of aromatic amines is 1. The Bertz CT molecular complexity index is 945. The molecular weight excluding hydrogens is 362 g/mol. The minimum absolute atomic E-state index is 0.0798. The van der Waals surface area contributed by atoms with Crippen LogP contribution in [0.5, 0.6) is 0 Å². The van der Waals surface area contributed by atoms with E-state index in [1.165, 1.54) is 6.92 Å². The zero-order valence-electron chi connectivity index (χ0n) is 14.9. The Morgan fingerprint density at radius 2 is 2.15 bits per heavy atom. The summed E-state index contributed by atoms with van der Waals surface area (Å²) in [5, 5.41) is 12.9. The molecule has 0 unspecified atom stereocenters. The van der Waals surface area contributed by atoms with Crippen LogP contribution in [0.25, 0.3) is 0 Å². The van der Waals surface area contributed by atoms with Gasteiger partial charge in [0.1, 0.15) is 6.54 Å². The average Bonchev–Trinajstić information content (AvgIpc) is 3.25. The van der Waals surface area contributed by atoms with Crippen molar-refractivity contribution in [3.05, 3.63) is 59.7 Å². The highest BCUT2D eigenvalue weighted by Crippen LogP contribution is 2.32. The van der Waals surface area contributed by atoms with Crippen molar-refractivity contribution < 1.29 is 4.79 Å². The van der Waals surface area contributed by atoms with E-state index in [2.05, 4.69) is 30.8 Å². The number of amides is 1. The highest BCUT2D eigenvalue weighted by atomic mass is 32.2. The Hall–Kier alpha value is -3.04. The Balaban J connectivity index is 1.52. The fourth-order valence-electron chi connectivity index (χ4n) is 2.75. The number of carbonyl (C=O) groups excluding carboxylic acids is 1. The third-order valence-corrected chi connectivity index (χ3v) is 4.91. The predicted molar refractivity (Wildman–Crippen MR) is 107 cm³/mol. The summed E-state index contributed by atoms with van der Waals surface area (Å²) in [5.74, 6) is 1.62. The third kappa shape index (κ3) is 4.04. The highest BCUT2D eigenvalue weighted by molar-refractivity contribution is 8.03. The summed E-state index contributed by atoms with van der Waals surface area (Å²) in [7, 11) is 0. The molecule has 4 rings (SSSR count). The van der Waals surface area contributed by atoms with E-state index in [1.807, 2.05) is 54.7 Å². The molecule has 3 N–H and O–H groups in total. The van der Waals surface area contributed by atoms with E-state index in [-0.39, 0.29) is 5.91 Å². The average molecular weight is 381 g/mol. The molecule has 9 heteroatoms. The van der Waals surface area contributed by atoms with Crippen molar-refractivity contribution >= 4 is 35.0 Å². The number of fused-ring (bicyclic) bond motifs is 1. The lowest BCUT2D eigenvalue weighted by Gasteiger charge is -2.25. The van der Waals surface area contributed by atoms with Gasteiger partial charge in [-0.25, -0.2) is 0 Å². The molecule has 8 nitrogen and oxygen atoms in total. The fraction of sp³-hybridized carbons (Fsp3) is 0.167. The number of rotatable bonds is 5. The molecule has 137 valence electrons. The molecule has 3 heterocycles. The van der Waals surface area contributed by atoms with Gasteiger partial charge in [-0.3, -0.25) is 20.3 Å². The van der Waals surface area contributed by atoms with Gasteiger partial charge in [0.25, 0.3) is 5.84 Å². The van der Waals surface area contributed by atoms with E-state index in [1.54, 1.807) is 18.0 Å². The monoisotopic (exact) mass is 381 g/mol. The first-order valence-electron chi connectivity index (χ1n) is 8.42. The molecule has 0 spiro atoms. The van der Waals surface area contributed by atoms with Crippen molar-refractivity contribution in [1.82, 2.24) is 20.1 Å². The first-order valence-corrected chi connectivity index (χ1v) is 9.24. The molecule has 1 radical (unpaired) electrons. The molecule has 27 heavy (non-hydrogen) atoms. The molecule has 2 aliphatic heterocycles. The molecule has 0 saturated carbocycles. The Morgan fingerprint density at radius 1 is 1.33 bits per heavy atom. The van der Waals surface area contributed by atoms with Crippen LogP contribution in [-0.4, -0.2) is 33.5 Å². The first kappa shape index (κ1) is 17.4. The molecule has 0 fully saturated rings. The number of carbonyl (C=O) groups is 1. The molecule has 2 aliphatic rings. The molecule has 0 bridgehead atoms. The summed E-state index contributed by atoms with van der Waals surface area (Å²) >= 11 is 1.62. The molecule has 1 aromatic heterocycles. The lowest BCUT2D eigenvalue weighted by atomic mass is 10.3. The number of thioether (sulfide) groups is 1. The number of aryl methyl sites for hydroxylation is 1. The van der Waals surface area contributed by atoms with Gasteiger partial charge in [-0.05, 0) is 47.9 Å². The number of H-pyrrole nitrogens is 1. The number of hydrazine groups is 1. The molecule has 0 aliphatic carbocycles. The van der Waals surface area contributed by atoms with Crippen molar-refractivity contribution in [1.29, 1.82) is 0 Å². The summed E-state index contributed by atoms with van der Waals surface area (Å²) < 4.78 is 0. The van der Waals surface area contributed by atoms with Crippen molar-refractivity contribution in [2.75, 3.05) is 17.3 Å². The third-order valence-electron chi connectivity index (χ3n) is 3.89. The van der Waals surface area contributed by atoms with Crippen molar-refractivity contribution in [3.63, 3.8) is 0 Å². The first-order chi connectivity index (χ1) is 13.1. The van der Waals surface area contributed by atoms with Crippen molar-refractivity contribution in [3.8, 4) is 0 Å². The summed E-state index contributed by atoms with van der Waals surface area (Å²) in [6, 6.07) is 9.70. The second-order valence-corrected chi connectivity index (χ2v) is 7.26. The normalized spacial score (nSPS) is 16.0. The van der Waals surface area contributed by atoms with Crippen molar-refractivity contribution in [2.45, 2.75) is 18.7 Å². The number of nitrogens with zero attached hydrogens (tertiary/aromatic N) is 4. The predicted octanol–water partition coefficient (Wildman–Crippen LogP) is 2.93. The Morgan fingerprint density at radius 3 is 2.85 bits per heavy atom. The van der Waals surface area contributed by atoms with Gasteiger partial charge in [0.05, 0.1) is 12.4 Å². The number of aromatic nitrogens is 2. The van der Waals surface area contributed by atoms with Crippen LogP contribution in [0.4, 0.5) is 11.5 Å². The van der Waals surface area contributed by atoms with Gasteiger partial charge >= 0.3 is 0 Å². The number of hydrogen-bond acceptors (Lipinski definition) is 7. The zero-order chi connectivity index (χ0) is 18.8. The standard InChI is InChI=1S/C18H19N7OS/c1-12-9-16(22-21-12)23-24-10-17-19-7-8-25(17)18(11-24)27-15-5-3-14(4-6-15)20-13(2)26/h3-9,11H,10H2,1-2H3,(H,20,26)(H2,21,22,23)/q+1. The molecule has 0 saturated heterocycles. The van der Waals surface area contributed by atoms with Crippen molar-refractivity contribution in [2.24, 2.45) is 4.99 Å². The summed E-state index contributed by atoms with van der Waals surface area (Å²) in [6.07, 6.45) is 5.78. The second-order valence-electron chi connectivity index (χ2n) is 6.16. The quantitative estimate of drug-likeness (QED) is 0.693. The molecule has 1 aromatic carbocycles. The van der Waals surface area contributed by atoms with E-state index in [4.69, 9.17) is 0 Å². The Kier molecular flexibility index (Phi) is 4.69.